The summed E-state index contributed by atoms with van der Waals surface area (Å²) in [6.45, 7) is 4.24. The first-order valence-corrected chi connectivity index (χ1v) is 10.5. The van der Waals surface area contributed by atoms with Crippen molar-refractivity contribution in [2.45, 2.75) is 45.1 Å². The van der Waals surface area contributed by atoms with Gasteiger partial charge in [0.05, 0.1) is 6.61 Å². The van der Waals surface area contributed by atoms with Crippen LogP contribution >= 0.6 is 0 Å². The normalized spacial score (nSPS) is 20.0. The molecule has 0 atom stereocenters. The number of rotatable bonds is 5. The van der Waals surface area contributed by atoms with Gasteiger partial charge in [-0.3, -0.25) is 9.63 Å². The number of nitrogens with zero attached hydrogens (tertiary/aromatic N) is 5. The Hall–Kier alpha value is -2.41. The first kappa shape index (κ1) is 17.7. The summed E-state index contributed by atoms with van der Waals surface area (Å²) >= 11 is 0. The number of aromatic nitrogens is 3. The van der Waals surface area contributed by atoms with Crippen LogP contribution in [0.25, 0.3) is 11.1 Å². The monoisotopic (exact) mass is 381 g/mol. The molecule has 0 radical (unpaired) electrons. The lowest BCUT2D eigenvalue weighted by molar-refractivity contribution is -0.144. The van der Waals surface area contributed by atoms with Crippen LogP contribution in [0, 0.1) is 5.92 Å². The molecule has 1 aliphatic carbocycles. The van der Waals surface area contributed by atoms with E-state index >= 15 is 0 Å². The summed E-state index contributed by atoms with van der Waals surface area (Å²) in [7, 11) is 0. The Morgan fingerprint density at radius 3 is 2.46 bits per heavy atom. The van der Waals surface area contributed by atoms with Crippen LogP contribution in [0.3, 0.4) is 0 Å². The van der Waals surface area contributed by atoms with Gasteiger partial charge in [-0.1, -0.05) is 0 Å². The molecule has 148 valence electrons. The average molecular weight is 381 g/mol. The number of anilines is 1. The van der Waals surface area contributed by atoms with Crippen LogP contribution in [-0.4, -0.2) is 51.7 Å². The Morgan fingerprint density at radius 1 is 1.04 bits per heavy atom. The minimum absolute atomic E-state index is 0.0406. The molecule has 2 aliphatic heterocycles. The molecule has 1 saturated carbocycles. The van der Waals surface area contributed by atoms with Crippen molar-refractivity contribution >= 4 is 11.9 Å². The quantitative estimate of drug-likeness (QED) is 0.796. The lowest BCUT2D eigenvalue weighted by Crippen LogP contribution is -2.36. The Morgan fingerprint density at radius 2 is 1.79 bits per heavy atom. The third-order valence-corrected chi connectivity index (χ3v) is 5.86. The van der Waals surface area contributed by atoms with Crippen LogP contribution in [0.5, 0.6) is 0 Å². The van der Waals surface area contributed by atoms with Crippen molar-refractivity contribution in [3.8, 4) is 11.1 Å². The van der Waals surface area contributed by atoms with E-state index in [0.717, 1.165) is 49.6 Å². The van der Waals surface area contributed by atoms with Gasteiger partial charge in [0.25, 0.3) is 5.91 Å². The van der Waals surface area contributed by atoms with E-state index in [1.165, 1.54) is 30.7 Å². The van der Waals surface area contributed by atoms with Gasteiger partial charge in [0.2, 0.25) is 5.95 Å². The number of hydrogen-bond acceptors (Lipinski definition) is 5. The number of carbonyl (C=O) groups is 1. The lowest BCUT2D eigenvalue weighted by Gasteiger charge is -2.26. The maximum Gasteiger partial charge on any atom is 0.294 e. The summed E-state index contributed by atoms with van der Waals surface area (Å²) in [5.74, 6) is 1.45. The molecule has 0 spiro atoms. The Kier molecular flexibility index (Phi) is 4.76. The molecule has 0 aromatic carbocycles. The molecule has 0 unspecified atom stereocenters. The maximum absolute atomic E-state index is 13.0. The molecule has 0 N–H and O–H groups in total. The second-order valence-corrected chi connectivity index (χ2v) is 8.12. The van der Waals surface area contributed by atoms with Crippen LogP contribution < -0.4 is 4.90 Å². The Bertz CT molecular complexity index is 831. The van der Waals surface area contributed by atoms with Crippen LogP contribution in [0.4, 0.5) is 5.95 Å². The summed E-state index contributed by atoms with van der Waals surface area (Å²) in [4.78, 5) is 30.0. The summed E-state index contributed by atoms with van der Waals surface area (Å²) in [5, 5.41) is 1.53. The van der Waals surface area contributed by atoms with Gasteiger partial charge in [0.15, 0.2) is 0 Å². The molecule has 7 heteroatoms. The predicted molar refractivity (Wildman–Crippen MR) is 106 cm³/mol. The zero-order chi connectivity index (χ0) is 18.9. The van der Waals surface area contributed by atoms with Crippen LogP contribution in [0.1, 0.15) is 49.0 Å². The standard InChI is InChI=1S/C21H27N5O2/c27-20(26-9-3-4-10-28-26)19-11-17(15-25(19)14-16-5-6-16)18-12-22-21(23-13-18)24-7-1-2-8-24/h11-13,15-16H,1-10,14H2. The molecule has 5 rings (SSSR count). The summed E-state index contributed by atoms with van der Waals surface area (Å²) in [6, 6.07) is 1.97. The Balaban J connectivity index is 1.41. The van der Waals surface area contributed by atoms with Crippen LogP contribution in [0.15, 0.2) is 24.7 Å². The molecule has 3 aliphatic rings. The van der Waals surface area contributed by atoms with E-state index in [0.29, 0.717) is 24.8 Å². The smallest absolute Gasteiger partial charge is 0.294 e. The largest absolute Gasteiger partial charge is 0.343 e. The second-order valence-electron chi connectivity index (χ2n) is 8.12. The van der Waals surface area contributed by atoms with E-state index < -0.39 is 0 Å². The van der Waals surface area contributed by atoms with E-state index in [-0.39, 0.29) is 5.91 Å². The minimum Gasteiger partial charge on any atom is -0.343 e. The van der Waals surface area contributed by atoms with Gasteiger partial charge >= 0.3 is 0 Å². The van der Waals surface area contributed by atoms with E-state index in [2.05, 4.69) is 25.6 Å². The van der Waals surface area contributed by atoms with Gasteiger partial charge in [-0.2, -0.15) is 0 Å². The van der Waals surface area contributed by atoms with Gasteiger partial charge in [-0.05, 0) is 50.5 Å². The maximum atomic E-state index is 13.0. The molecule has 7 nitrogen and oxygen atoms in total. The van der Waals surface area contributed by atoms with Crippen molar-refractivity contribution in [2.75, 3.05) is 31.1 Å². The van der Waals surface area contributed by atoms with Crippen molar-refractivity contribution in [1.82, 2.24) is 19.6 Å². The number of amides is 1. The van der Waals surface area contributed by atoms with Gasteiger partial charge in [-0.15, -0.1) is 0 Å². The third-order valence-electron chi connectivity index (χ3n) is 5.86. The summed E-state index contributed by atoms with van der Waals surface area (Å²) in [5.41, 5.74) is 2.65. The SMILES string of the molecule is O=C(c1cc(-c2cnc(N3CCCC3)nc2)cn1CC1CC1)N1CCCCO1. The molecular formula is C21H27N5O2. The molecule has 1 amide bonds. The topological polar surface area (TPSA) is 63.5 Å². The van der Waals surface area contributed by atoms with E-state index in [9.17, 15) is 4.79 Å². The van der Waals surface area contributed by atoms with Gasteiger partial charge in [0.1, 0.15) is 5.69 Å². The zero-order valence-corrected chi connectivity index (χ0v) is 16.2. The molecular weight excluding hydrogens is 354 g/mol. The fourth-order valence-corrected chi connectivity index (χ4v) is 4.01. The van der Waals surface area contributed by atoms with E-state index in [4.69, 9.17) is 4.84 Å². The molecule has 2 aromatic rings. The fourth-order valence-electron chi connectivity index (χ4n) is 4.01. The predicted octanol–water partition coefficient (Wildman–Crippen LogP) is 3.12. The van der Waals surface area contributed by atoms with E-state index in [1.807, 2.05) is 18.5 Å². The highest BCUT2D eigenvalue weighted by molar-refractivity contribution is 5.93. The first-order chi connectivity index (χ1) is 13.8. The summed E-state index contributed by atoms with van der Waals surface area (Å²) in [6.07, 6.45) is 12.7. The average Bonchev–Trinajstić information content (AvgIpc) is 3.22. The number of hydroxylamine groups is 2. The fraction of sp³-hybridized carbons (Fsp3) is 0.571. The molecule has 2 saturated heterocycles. The Labute approximate surface area is 165 Å². The molecule has 0 bridgehead atoms. The molecule has 3 fully saturated rings. The molecule has 28 heavy (non-hydrogen) atoms. The summed E-state index contributed by atoms with van der Waals surface area (Å²) < 4.78 is 2.10. The van der Waals surface area contributed by atoms with Crippen molar-refractivity contribution in [3.63, 3.8) is 0 Å². The van der Waals surface area contributed by atoms with Crippen molar-refractivity contribution < 1.29 is 9.63 Å². The highest BCUT2D eigenvalue weighted by Gasteiger charge is 2.27. The lowest BCUT2D eigenvalue weighted by atomic mass is 10.2. The first-order valence-electron chi connectivity index (χ1n) is 10.5. The third kappa shape index (κ3) is 3.63. The second kappa shape index (κ2) is 7.54. The zero-order valence-electron chi connectivity index (χ0n) is 16.2. The highest BCUT2D eigenvalue weighted by Crippen LogP contribution is 2.33. The van der Waals surface area contributed by atoms with Crippen LogP contribution in [-0.2, 0) is 11.4 Å². The number of carbonyl (C=O) groups excluding carboxylic acids is 1. The van der Waals surface area contributed by atoms with Gasteiger partial charge in [-0.25, -0.2) is 15.0 Å². The molecule has 2 aromatic heterocycles. The van der Waals surface area contributed by atoms with Crippen LogP contribution in [0.2, 0.25) is 0 Å². The number of hydrogen-bond donors (Lipinski definition) is 0. The van der Waals surface area contributed by atoms with Gasteiger partial charge < -0.3 is 9.47 Å². The van der Waals surface area contributed by atoms with Crippen molar-refractivity contribution in [3.05, 3.63) is 30.4 Å². The molecule has 4 heterocycles. The highest BCUT2D eigenvalue weighted by atomic mass is 16.7. The van der Waals surface area contributed by atoms with E-state index in [1.54, 1.807) is 0 Å². The van der Waals surface area contributed by atoms with Crippen molar-refractivity contribution in [2.24, 2.45) is 5.92 Å². The van der Waals surface area contributed by atoms with Crippen molar-refractivity contribution in [1.29, 1.82) is 0 Å². The minimum atomic E-state index is -0.0406. The van der Waals surface area contributed by atoms with Gasteiger partial charge in [0, 0.05) is 55.9 Å².